The van der Waals surface area contributed by atoms with Crippen LogP contribution >= 0.6 is 0 Å². The summed E-state index contributed by atoms with van der Waals surface area (Å²) >= 11 is 1.87. The molecule has 4 heteroatoms. The van der Waals surface area contributed by atoms with E-state index in [1.54, 1.807) is 7.11 Å². The number of hydrogen-bond acceptors (Lipinski definition) is 3. The van der Waals surface area contributed by atoms with Crippen molar-refractivity contribution in [2.45, 2.75) is 31.8 Å². The molecule has 1 aliphatic carbocycles. The van der Waals surface area contributed by atoms with Crippen molar-refractivity contribution in [1.29, 1.82) is 0 Å². The van der Waals surface area contributed by atoms with Gasteiger partial charge in [0.1, 0.15) is 0 Å². The van der Waals surface area contributed by atoms with E-state index in [-0.39, 0.29) is 6.10 Å². The Labute approximate surface area is 120 Å². The van der Waals surface area contributed by atoms with Gasteiger partial charge in [0.25, 0.3) is 0 Å². The van der Waals surface area contributed by atoms with Gasteiger partial charge in [-0.2, -0.15) is 0 Å². The van der Waals surface area contributed by atoms with E-state index in [0.29, 0.717) is 18.6 Å². The van der Waals surface area contributed by atoms with Crippen LogP contribution in [0.2, 0.25) is 0 Å². The van der Waals surface area contributed by atoms with Crippen molar-refractivity contribution in [2.24, 2.45) is 0 Å². The van der Waals surface area contributed by atoms with Gasteiger partial charge in [0.2, 0.25) is 0 Å². The number of methoxy groups -OCH3 is 1. The van der Waals surface area contributed by atoms with Crippen molar-refractivity contribution in [3.05, 3.63) is 29.8 Å². The molecule has 1 unspecified atom stereocenters. The third-order valence-electron chi connectivity index (χ3n) is 3.04. The Bertz CT molecular complexity index is 439. The molecule has 18 heavy (non-hydrogen) atoms. The molecule has 1 fully saturated rings. The summed E-state index contributed by atoms with van der Waals surface area (Å²) in [5, 5.41) is 0. The van der Waals surface area contributed by atoms with Crippen molar-refractivity contribution in [2.75, 3.05) is 7.11 Å². The first kappa shape index (κ1) is 13.6. The molecule has 0 radical (unpaired) electrons. The monoisotopic (exact) mass is 362 g/mol. The summed E-state index contributed by atoms with van der Waals surface area (Å²) in [4.78, 5) is 11.4. The van der Waals surface area contributed by atoms with Crippen LogP contribution in [-0.4, -0.2) is 44.6 Å². The summed E-state index contributed by atoms with van der Waals surface area (Å²) in [5.74, 6) is 1.15. The van der Waals surface area contributed by atoms with E-state index in [1.807, 2.05) is 46.1 Å². The Morgan fingerprint density at radius 3 is 2.67 bits per heavy atom. The van der Waals surface area contributed by atoms with E-state index < -0.39 is 0 Å². The van der Waals surface area contributed by atoms with Gasteiger partial charge in [-0.3, -0.25) is 0 Å². The number of carbonyl (C=O) groups is 1. The summed E-state index contributed by atoms with van der Waals surface area (Å²) in [6.07, 6.45) is 3.23. The van der Waals surface area contributed by atoms with Gasteiger partial charge in [-0.1, -0.05) is 0 Å². The summed E-state index contributed by atoms with van der Waals surface area (Å²) in [6, 6.07) is 7.77. The summed E-state index contributed by atoms with van der Waals surface area (Å²) < 4.78 is 11.9. The molecule has 0 heterocycles. The van der Waals surface area contributed by atoms with Crippen molar-refractivity contribution >= 4 is 31.3 Å². The summed E-state index contributed by atoms with van der Waals surface area (Å²) in [5.41, 5.74) is 1.04. The standard InChI is InChI=1S/C14H16O3Te/c1-16-12-7-5-10(6-8-12)14(18)17-13-4-2-3-11(15)9-13/h5-8,13H,2-4,9H2,1H3. The SMILES string of the molecule is COc1ccc(C(=[Te])OC2CCCC(=O)C2)cc1. The molecule has 0 N–H and O–H groups in total. The number of ether oxygens (including phenoxy) is 2. The van der Waals surface area contributed by atoms with E-state index in [1.165, 1.54) is 0 Å². The first-order valence-corrected chi connectivity index (χ1v) is 7.22. The molecule has 1 aromatic carbocycles. The van der Waals surface area contributed by atoms with Crippen LogP contribution in [0, 0.1) is 0 Å². The van der Waals surface area contributed by atoms with E-state index >= 15 is 0 Å². The maximum absolute atomic E-state index is 11.4. The molecule has 0 bridgehead atoms. The minimum absolute atomic E-state index is 0.0519. The fourth-order valence-corrected chi connectivity index (χ4v) is 2.81. The Morgan fingerprint density at radius 1 is 1.33 bits per heavy atom. The zero-order valence-electron chi connectivity index (χ0n) is 10.3. The fraction of sp³-hybridized carbons (Fsp3) is 0.429. The third-order valence-corrected chi connectivity index (χ3v) is 3.98. The van der Waals surface area contributed by atoms with E-state index in [9.17, 15) is 4.79 Å². The first-order valence-electron chi connectivity index (χ1n) is 6.06. The van der Waals surface area contributed by atoms with Gasteiger partial charge in [0, 0.05) is 0 Å². The van der Waals surface area contributed by atoms with Gasteiger partial charge in [0.05, 0.1) is 0 Å². The number of benzene rings is 1. The Balaban J connectivity index is 1.96. The van der Waals surface area contributed by atoms with Crippen LogP contribution in [0.3, 0.4) is 0 Å². The number of rotatable bonds is 4. The molecule has 1 aliphatic rings. The van der Waals surface area contributed by atoms with Crippen LogP contribution in [0.4, 0.5) is 0 Å². The van der Waals surface area contributed by atoms with Gasteiger partial charge in [-0.05, 0) is 0 Å². The summed E-state index contributed by atoms with van der Waals surface area (Å²) in [6.45, 7) is 0. The Kier molecular flexibility index (Phi) is 4.79. The third kappa shape index (κ3) is 3.57. The fourth-order valence-electron chi connectivity index (χ4n) is 2.03. The van der Waals surface area contributed by atoms with Gasteiger partial charge >= 0.3 is 120 Å². The molecule has 1 saturated carbocycles. The van der Waals surface area contributed by atoms with E-state index in [4.69, 9.17) is 9.47 Å². The predicted molar refractivity (Wildman–Crippen MR) is 71.2 cm³/mol. The molecule has 2 rings (SSSR count). The van der Waals surface area contributed by atoms with E-state index in [0.717, 1.165) is 27.9 Å². The van der Waals surface area contributed by atoms with Crippen LogP contribution < -0.4 is 4.74 Å². The molecule has 0 amide bonds. The average Bonchev–Trinajstić information content (AvgIpc) is 2.39. The van der Waals surface area contributed by atoms with Crippen LogP contribution in [0.5, 0.6) is 5.75 Å². The molecule has 1 aromatic rings. The van der Waals surface area contributed by atoms with Crippen molar-refractivity contribution in [3.8, 4) is 5.75 Å². The second kappa shape index (κ2) is 6.36. The van der Waals surface area contributed by atoms with Crippen molar-refractivity contribution < 1.29 is 14.3 Å². The normalized spacial score (nSPS) is 19.4. The molecule has 3 nitrogen and oxygen atoms in total. The first-order chi connectivity index (χ1) is 8.69. The average molecular weight is 360 g/mol. The number of hydrogen-bond donors (Lipinski definition) is 0. The second-order valence-electron chi connectivity index (χ2n) is 4.39. The molecule has 0 aromatic heterocycles. The number of Topliss-reactive ketones (excluding diaryl/α,β-unsaturated/α-hetero) is 1. The molecule has 0 spiro atoms. The zero-order valence-corrected chi connectivity index (χ0v) is 12.7. The quantitative estimate of drug-likeness (QED) is 0.770. The zero-order chi connectivity index (χ0) is 13.0. The topological polar surface area (TPSA) is 35.5 Å². The molecule has 0 saturated heterocycles. The summed E-state index contributed by atoms with van der Waals surface area (Å²) in [7, 11) is 1.65. The number of carbonyl (C=O) groups excluding carboxylic acids is 1. The number of ketones is 1. The van der Waals surface area contributed by atoms with Crippen molar-refractivity contribution in [1.82, 2.24) is 0 Å². The van der Waals surface area contributed by atoms with Crippen molar-refractivity contribution in [3.63, 3.8) is 0 Å². The Morgan fingerprint density at radius 2 is 2.06 bits per heavy atom. The van der Waals surface area contributed by atoms with Gasteiger partial charge < -0.3 is 0 Å². The van der Waals surface area contributed by atoms with Gasteiger partial charge in [-0.25, -0.2) is 0 Å². The van der Waals surface area contributed by atoms with Crippen LogP contribution in [0.15, 0.2) is 24.3 Å². The maximum atomic E-state index is 11.4. The molecule has 0 aliphatic heterocycles. The van der Waals surface area contributed by atoms with E-state index in [2.05, 4.69) is 0 Å². The van der Waals surface area contributed by atoms with Crippen LogP contribution in [0.25, 0.3) is 0 Å². The molecule has 1 atom stereocenters. The second-order valence-corrected chi connectivity index (χ2v) is 5.45. The predicted octanol–water partition coefficient (Wildman–Crippen LogP) is 1.87. The van der Waals surface area contributed by atoms with Gasteiger partial charge in [-0.15, -0.1) is 0 Å². The minimum atomic E-state index is 0.0519. The Hall–Kier alpha value is -0.850. The van der Waals surface area contributed by atoms with Crippen LogP contribution in [0.1, 0.15) is 31.2 Å². The molecule has 96 valence electrons. The van der Waals surface area contributed by atoms with Crippen LogP contribution in [-0.2, 0) is 9.53 Å². The molecular weight excluding hydrogens is 344 g/mol. The molecular formula is C14H16O3Te. The van der Waals surface area contributed by atoms with Gasteiger partial charge in [0.15, 0.2) is 0 Å².